The van der Waals surface area contributed by atoms with Gasteiger partial charge in [0.05, 0.1) is 25.4 Å². The van der Waals surface area contributed by atoms with E-state index in [-0.39, 0.29) is 18.5 Å². The number of rotatable bonds is 72. The lowest BCUT2D eigenvalue weighted by Gasteiger charge is -2.20. The van der Waals surface area contributed by atoms with Gasteiger partial charge < -0.3 is 20.3 Å². The second-order valence-electron chi connectivity index (χ2n) is 26.3. The Labute approximate surface area is 531 Å². The minimum atomic E-state index is -0.844. The fourth-order valence-electron chi connectivity index (χ4n) is 12.0. The molecule has 0 rings (SSSR count). The number of carbonyl (C=O) groups is 2. The summed E-state index contributed by atoms with van der Waals surface area (Å²) in [6.45, 7) is 4.92. The van der Waals surface area contributed by atoms with Crippen LogP contribution in [0.25, 0.3) is 0 Å². The third-order valence-electron chi connectivity index (χ3n) is 17.8. The zero-order chi connectivity index (χ0) is 61.3. The highest BCUT2D eigenvalue weighted by molar-refractivity contribution is 5.76. The molecule has 0 aliphatic carbocycles. The number of amides is 1. The number of aliphatic hydroxyl groups excluding tert-OH is 2. The highest BCUT2D eigenvalue weighted by atomic mass is 16.5. The van der Waals surface area contributed by atoms with Gasteiger partial charge in [-0.05, 0) is 89.9 Å². The summed E-state index contributed by atoms with van der Waals surface area (Å²) in [6, 6.07) is -0.627. The number of hydrogen-bond acceptors (Lipinski definition) is 5. The third-order valence-corrected chi connectivity index (χ3v) is 17.8. The monoisotopic (exact) mass is 1190 g/mol. The maximum atomic E-state index is 12.5. The molecule has 0 aliphatic heterocycles. The van der Waals surface area contributed by atoms with Crippen molar-refractivity contribution < 1.29 is 24.5 Å². The van der Waals surface area contributed by atoms with Crippen molar-refractivity contribution in [2.75, 3.05) is 13.2 Å². The minimum absolute atomic E-state index is 0.0140. The fourth-order valence-corrected chi connectivity index (χ4v) is 12.0. The second kappa shape index (κ2) is 74.3. The van der Waals surface area contributed by atoms with Crippen LogP contribution >= 0.6 is 0 Å². The third kappa shape index (κ3) is 70.8. The van der Waals surface area contributed by atoms with Gasteiger partial charge in [-0.25, -0.2) is 0 Å². The van der Waals surface area contributed by atoms with Gasteiger partial charge in [0.15, 0.2) is 0 Å². The van der Waals surface area contributed by atoms with Gasteiger partial charge >= 0.3 is 5.97 Å². The van der Waals surface area contributed by atoms with Gasteiger partial charge in [-0.15, -0.1) is 0 Å². The van der Waals surface area contributed by atoms with Crippen molar-refractivity contribution in [3.05, 3.63) is 48.6 Å². The Morgan fingerprint density at radius 3 is 0.929 bits per heavy atom. The fraction of sp³-hybridized carbons (Fsp3) is 0.873. The molecule has 6 nitrogen and oxygen atoms in total. The number of ether oxygens (including phenoxy) is 1. The van der Waals surface area contributed by atoms with Crippen LogP contribution in [-0.2, 0) is 14.3 Å². The van der Waals surface area contributed by atoms with E-state index in [0.29, 0.717) is 19.4 Å². The molecule has 0 spiro atoms. The van der Waals surface area contributed by atoms with Gasteiger partial charge in [0.2, 0.25) is 5.91 Å². The van der Waals surface area contributed by atoms with Crippen molar-refractivity contribution in [3.63, 3.8) is 0 Å². The first kappa shape index (κ1) is 82.8. The molecule has 0 heterocycles. The predicted molar refractivity (Wildman–Crippen MR) is 375 cm³/mol. The molecule has 0 saturated carbocycles. The van der Waals surface area contributed by atoms with Crippen LogP contribution < -0.4 is 5.32 Å². The number of hydrogen-bond donors (Lipinski definition) is 3. The van der Waals surface area contributed by atoms with Crippen LogP contribution in [0.2, 0.25) is 0 Å². The zero-order valence-electron chi connectivity index (χ0n) is 57.4. The zero-order valence-corrected chi connectivity index (χ0v) is 57.4. The summed E-state index contributed by atoms with van der Waals surface area (Å²) < 4.78 is 5.51. The van der Waals surface area contributed by atoms with Gasteiger partial charge in [-0.3, -0.25) is 9.59 Å². The van der Waals surface area contributed by atoms with E-state index in [0.717, 1.165) is 51.4 Å². The number of esters is 1. The summed E-state index contributed by atoms with van der Waals surface area (Å²) in [6.07, 6.45) is 97.9. The largest absolute Gasteiger partial charge is 0.466 e. The van der Waals surface area contributed by atoms with Crippen LogP contribution in [0.5, 0.6) is 0 Å². The van der Waals surface area contributed by atoms with Crippen LogP contribution in [0, 0.1) is 0 Å². The van der Waals surface area contributed by atoms with E-state index in [1.807, 2.05) is 6.08 Å². The van der Waals surface area contributed by atoms with Crippen LogP contribution in [0.4, 0.5) is 0 Å². The van der Waals surface area contributed by atoms with Crippen LogP contribution in [0.15, 0.2) is 48.6 Å². The minimum Gasteiger partial charge on any atom is -0.466 e. The predicted octanol–water partition coefficient (Wildman–Crippen LogP) is 25.2. The molecule has 0 radical (unpaired) electrons. The average molecular weight is 1190 g/mol. The summed E-state index contributed by atoms with van der Waals surface area (Å²) in [5.41, 5.74) is 0. The highest BCUT2D eigenvalue weighted by Crippen LogP contribution is 2.19. The van der Waals surface area contributed by atoms with E-state index >= 15 is 0 Å². The number of unbranched alkanes of at least 4 members (excludes halogenated alkanes) is 55. The number of aliphatic hydroxyl groups is 2. The van der Waals surface area contributed by atoms with E-state index in [9.17, 15) is 19.8 Å². The molecule has 3 N–H and O–H groups in total. The Hall–Kier alpha value is -2.18. The normalized spacial score (nSPS) is 12.8. The SMILES string of the molecule is CCCCC/C=C\C/C=C\CCCCCCCCCCCC(=O)OCCCCCCCCCCCCCC/C=C\CCCCCCCCCCCCCCCCCC(=O)NC(CO)C(O)/C=C/CCCCCCCCCCCCCCCCCC. The Kier molecular flexibility index (Phi) is 72.4. The molecule has 0 aromatic carbocycles. The van der Waals surface area contributed by atoms with Crippen molar-refractivity contribution in [2.24, 2.45) is 0 Å². The molecule has 2 atom stereocenters. The summed E-state index contributed by atoms with van der Waals surface area (Å²) in [4.78, 5) is 24.6. The van der Waals surface area contributed by atoms with Crippen molar-refractivity contribution in [2.45, 2.75) is 431 Å². The smallest absolute Gasteiger partial charge is 0.305 e. The summed E-state index contributed by atoms with van der Waals surface area (Å²) in [5, 5.41) is 23.2. The Morgan fingerprint density at radius 1 is 0.329 bits per heavy atom. The molecule has 0 fully saturated rings. The van der Waals surface area contributed by atoms with Crippen LogP contribution in [0.3, 0.4) is 0 Å². The van der Waals surface area contributed by atoms with Crippen molar-refractivity contribution in [1.29, 1.82) is 0 Å². The lowest BCUT2D eigenvalue weighted by molar-refractivity contribution is -0.143. The highest BCUT2D eigenvalue weighted by Gasteiger charge is 2.18. The molecule has 1 amide bonds. The van der Waals surface area contributed by atoms with Gasteiger partial charge in [0.1, 0.15) is 0 Å². The Bertz CT molecular complexity index is 1420. The van der Waals surface area contributed by atoms with Crippen LogP contribution in [0.1, 0.15) is 418 Å². The van der Waals surface area contributed by atoms with E-state index in [4.69, 9.17) is 4.74 Å². The van der Waals surface area contributed by atoms with Gasteiger partial charge in [-0.1, -0.05) is 364 Å². The lowest BCUT2D eigenvalue weighted by Crippen LogP contribution is -2.45. The molecule has 500 valence electrons. The van der Waals surface area contributed by atoms with E-state index in [1.165, 1.54) is 340 Å². The average Bonchev–Trinajstić information content (AvgIpc) is 3.51. The van der Waals surface area contributed by atoms with E-state index in [1.54, 1.807) is 6.08 Å². The lowest BCUT2D eigenvalue weighted by atomic mass is 10.0. The number of allylic oxidation sites excluding steroid dienone is 7. The quantitative estimate of drug-likeness (QED) is 0.0320. The Balaban J connectivity index is 3.37. The topological polar surface area (TPSA) is 95.9 Å². The summed E-state index contributed by atoms with van der Waals surface area (Å²) in [5.74, 6) is -0.0487. The van der Waals surface area contributed by atoms with Crippen LogP contribution in [-0.4, -0.2) is 47.4 Å². The van der Waals surface area contributed by atoms with Gasteiger partial charge in [-0.2, -0.15) is 0 Å². The molecular formula is C79H149NO5. The molecule has 0 aromatic heterocycles. The van der Waals surface area contributed by atoms with Gasteiger partial charge in [0, 0.05) is 12.8 Å². The second-order valence-corrected chi connectivity index (χ2v) is 26.3. The maximum absolute atomic E-state index is 12.5. The van der Waals surface area contributed by atoms with Crippen molar-refractivity contribution >= 4 is 11.9 Å². The summed E-state index contributed by atoms with van der Waals surface area (Å²) >= 11 is 0. The number of carbonyl (C=O) groups excluding carboxylic acids is 2. The molecule has 85 heavy (non-hydrogen) atoms. The van der Waals surface area contributed by atoms with Gasteiger partial charge in [0.25, 0.3) is 0 Å². The molecule has 0 aromatic rings. The molecule has 0 aliphatic rings. The number of nitrogens with one attached hydrogen (secondary N) is 1. The Morgan fingerprint density at radius 2 is 0.588 bits per heavy atom. The first-order valence-corrected chi connectivity index (χ1v) is 38.4. The first-order valence-electron chi connectivity index (χ1n) is 38.4. The molecule has 6 heteroatoms. The van der Waals surface area contributed by atoms with Crippen molar-refractivity contribution in [1.82, 2.24) is 5.32 Å². The first-order chi connectivity index (χ1) is 42.0. The molecule has 2 unspecified atom stereocenters. The maximum Gasteiger partial charge on any atom is 0.305 e. The molecular weight excluding hydrogens is 1040 g/mol. The van der Waals surface area contributed by atoms with E-state index in [2.05, 4.69) is 55.6 Å². The molecule has 0 bridgehead atoms. The standard InChI is InChI=1S/C79H149NO5/c1-3-5-7-9-11-13-15-17-19-21-36-41-45-49-53-57-61-65-69-73-79(84)85-74-70-66-62-58-54-50-46-42-38-35-33-31-29-27-25-23-24-26-28-30-32-34-37-40-44-48-52-56-60-64-68-72-78(83)80-76(75-81)77(82)71-67-63-59-55-51-47-43-39-22-20-18-16-14-12-10-8-6-4-2/h11,13,17,19,25,27,67,71,76-77,81-82H,3-10,12,14-16,18,20-24,26,28-66,68-70,72-75H2,1-2H3,(H,80,83)/b13-11-,19-17-,27-25-,71-67+. The molecule has 0 saturated heterocycles. The van der Waals surface area contributed by atoms with Crippen molar-refractivity contribution in [3.8, 4) is 0 Å². The summed E-state index contributed by atoms with van der Waals surface area (Å²) in [7, 11) is 0. The van der Waals surface area contributed by atoms with E-state index < -0.39 is 12.1 Å².